The van der Waals surface area contributed by atoms with Gasteiger partial charge in [0, 0.05) is 11.3 Å². The minimum Gasteiger partial charge on any atom is -0.223 e. The molecule has 2 aromatic rings. The average Bonchev–Trinajstić information content (AvgIpc) is 2.20. The number of hydrogen-bond acceptors (Lipinski definition) is 2. The molecule has 0 radical (unpaired) electrons. The quantitative estimate of drug-likeness (QED) is 0.719. The van der Waals surface area contributed by atoms with Gasteiger partial charge in [0.2, 0.25) is 5.28 Å². The zero-order chi connectivity index (χ0) is 11.7. The largest absolute Gasteiger partial charge is 0.223 e. The van der Waals surface area contributed by atoms with Crippen LogP contribution in [0.5, 0.6) is 0 Å². The van der Waals surface area contributed by atoms with Crippen molar-refractivity contribution in [3.8, 4) is 11.3 Å². The molecular formula is C11H7Cl3N2. The zero-order valence-corrected chi connectivity index (χ0v) is 10.6. The number of hydrogen-bond donors (Lipinski definition) is 0. The maximum Gasteiger partial charge on any atom is 0.223 e. The zero-order valence-electron chi connectivity index (χ0n) is 8.34. The molecule has 0 N–H and O–H groups in total. The summed E-state index contributed by atoms with van der Waals surface area (Å²) < 4.78 is 0. The predicted molar refractivity (Wildman–Crippen MR) is 67.2 cm³/mol. The van der Waals surface area contributed by atoms with E-state index in [1.165, 1.54) is 0 Å². The van der Waals surface area contributed by atoms with Crippen molar-refractivity contribution in [2.24, 2.45) is 0 Å². The molecule has 2 rings (SSSR count). The predicted octanol–water partition coefficient (Wildman–Crippen LogP) is 4.41. The van der Waals surface area contributed by atoms with Crippen molar-refractivity contribution in [1.29, 1.82) is 0 Å². The van der Waals surface area contributed by atoms with E-state index in [0.29, 0.717) is 10.0 Å². The van der Waals surface area contributed by atoms with Crippen molar-refractivity contribution >= 4 is 34.8 Å². The summed E-state index contributed by atoms with van der Waals surface area (Å²) in [6, 6.07) is 7.16. The summed E-state index contributed by atoms with van der Waals surface area (Å²) in [7, 11) is 0. The highest BCUT2D eigenvalue weighted by Crippen LogP contribution is 2.28. The fourth-order valence-corrected chi connectivity index (χ4v) is 1.86. The van der Waals surface area contributed by atoms with Crippen molar-refractivity contribution in [3.05, 3.63) is 45.3 Å². The first-order valence-electron chi connectivity index (χ1n) is 4.53. The molecule has 1 aromatic carbocycles. The first-order valence-corrected chi connectivity index (χ1v) is 5.66. The number of rotatable bonds is 1. The summed E-state index contributed by atoms with van der Waals surface area (Å²) >= 11 is 17.6. The van der Waals surface area contributed by atoms with Crippen LogP contribution >= 0.6 is 34.8 Å². The number of aromatic nitrogens is 2. The summed E-state index contributed by atoms with van der Waals surface area (Å²) in [5.41, 5.74) is 2.40. The fraction of sp³-hybridized carbons (Fsp3) is 0.0909. The smallest absolute Gasteiger partial charge is 0.223 e. The Morgan fingerprint density at radius 3 is 2.31 bits per heavy atom. The van der Waals surface area contributed by atoms with Crippen LogP contribution in [-0.4, -0.2) is 9.97 Å². The topological polar surface area (TPSA) is 25.8 Å². The Morgan fingerprint density at radius 1 is 0.938 bits per heavy atom. The van der Waals surface area contributed by atoms with Crippen LogP contribution in [0.15, 0.2) is 24.3 Å². The third-order valence-corrected chi connectivity index (χ3v) is 2.95. The van der Waals surface area contributed by atoms with Crippen LogP contribution in [-0.2, 0) is 0 Å². The first-order chi connectivity index (χ1) is 7.56. The van der Waals surface area contributed by atoms with Crippen LogP contribution in [0, 0.1) is 6.92 Å². The van der Waals surface area contributed by atoms with E-state index in [1.807, 2.05) is 19.1 Å². The summed E-state index contributed by atoms with van der Waals surface area (Å²) in [5, 5.41) is 1.23. The van der Waals surface area contributed by atoms with E-state index in [-0.39, 0.29) is 5.28 Å². The molecule has 0 bridgehead atoms. The van der Waals surface area contributed by atoms with Gasteiger partial charge in [-0.05, 0) is 36.7 Å². The van der Waals surface area contributed by atoms with E-state index in [1.54, 1.807) is 12.1 Å². The molecule has 5 heteroatoms. The first kappa shape index (κ1) is 11.6. The number of nitrogens with zero attached hydrogens (tertiary/aromatic N) is 2. The van der Waals surface area contributed by atoms with Crippen LogP contribution in [0.1, 0.15) is 5.69 Å². The van der Waals surface area contributed by atoms with E-state index in [0.717, 1.165) is 17.0 Å². The fourth-order valence-electron chi connectivity index (χ4n) is 1.34. The van der Waals surface area contributed by atoms with Crippen LogP contribution in [0.4, 0.5) is 0 Å². The molecule has 2 nitrogen and oxygen atoms in total. The highest BCUT2D eigenvalue weighted by molar-refractivity contribution is 6.42. The van der Waals surface area contributed by atoms with E-state index >= 15 is 0 Å². The number of halogens is 3. The van der Waals surface area contributed by atoms with E-state index in [2.05, 4.69) is 9.97 Å². The second kappa shape index (κ2) is 4.58. The van der Waals surface area contributed by atoms with Gasteiger partial charge in [-0.15, -0.1) is 0 Å². The number of benzene rings is 1. The molecule has 0 saturated heterocycles. The van der Waals surface area contributed by atoms with Gasteiger partial charge in [-0.1, -0.05) is 29.3 Å². The molecule has 16 heavy (non-hydrogen) atoms. The van der Waals surface area contributed by atoms with Gasteiger partial charge in [-0.3, -0.25) is 0 Å². The Balaban J connectivity index is 2.54. The lowest BCUT2D eigenvalue weighted by Crippen LogP contribution is -1.90. The summed E-state index contributed by atoms with van der Waals surface area (Å²) in [6.07, 6.45) is 0. The average molecular weight is 274 g/mol. The molecule has 0 aliphatic carbocycles. The molecule has 1 heterocycles. The summed E-state index contributed by atoms with van der Waals surface area (Å²) in [4.78, 5) is 8.12. The van der Waals surface area contributed by atoms with Crippen LogP contribution < -0.4 is 0 Å². The van der Waals surface area contributed by atoms with E-state index < -0.39 is 0 Å². The number of aryl methyl sites for hydroxylation is 1. The lowest BCUT2D eigenvalue weighted by atomic mass is 10.1. The van der Waals surface area contributed by atoms with Crippen LogP contribution in [0.3, 0.4) is 0 Å². The van der Waals surface area contributed by atoms with Gasteiger partial charge in [0.25, 0.3) is 0 Å². The maximum atomic E-state index is 5.93. The molecule has 0 saturated carbocycles. The highest BCUT2D eigenvalue weighted by atomic mass is 35.5. The molecule has 0 amide bonds. The van der Waals surface area contributed by atoms with Gasteiger partial charge in [-0.2, -0.15) is 0 Å². The van der Waals surface area contributed by atoms with E-state index in [4.69, 9.17) is 34.8 Å². The molecule has 1 aromatic heterocycles. The third kappa shape index (κ3) is 2.46. The minimum atomic E-state index is 0.223. The molecule has 82 valence electrons. The highest BCUT2D eigenvalue weighted by Gasteiger charge is 2.05. The maximum absolute atomic E-state index is 5.93. The minimum absolute atomic E-state index is 0.223. The molecule has 0 aliphatic rings. The van der Waals surface area contributed by atoms with Crippen molar-refractivity contribution < 1.29 is 0 Å². The molecule has 0 fully saturated rings. The van der Waals surface area contributed by atoms with Crippen LogP contribution in [0.2, 0.25) is 15.3 Å². The van der Waals surface area contributed by atoms with Gasteiger partial charge in [0.15, 0.2) is 0 Å². The normalized spacial score (nSPS) is 10.5. The Bertz CT molecular complexity index is 520. The summed E-state index contributed by atoms with van der Waals surface area (Å²) in [6.45, 7) is 1.86. The summed E-state index contributed by atoms with van der Waals surface area (Å²) in [5.74, 6) is 0. The van der Waals surface area contributed by atoms with E-state index in [9.17, 15) is 0 Å². The van der Waals surface area contributed by atoms with Crippen molar-refractivity contribution in [3.63, 3.8) is 0 Å². The lowest BCUT2D eigenvalue weighted by Gasteiger charge is -2.04. The van der Waals surface area contributed by atoms with Crippen molar-refractivity contribution in [2.45, 2.75) is 6.92 Å². The van der Waals surface area contributed by atoms with Crippen molar-refractivity contribution in [1.82, 2.24) is 9.97 Å². The Hall–Kier alpha value is -0.830. The molecule has 0 unspecified atom stereocenters. The Kier molecular flexibility index (Phi) is 3.33. The Morgan fingerprint density at radius 2 is 1.69 bits per heavy atom. The van der Waals surface area contributed by atoms with Gasteiger partial charge in [0.05, 0.1) is 15.7 Å². The Labute approximate surface area is 108 Å². The van der Waals surface area contributed by atoms with Crippen LogP contribution in [0.25, 0.3) is 11.3 Å². The molecule has 0 atom stereocenters. The van der Waals surface area contributed by atoms with Gasteiger partial charge in [0.1, 0.15) is 0 Å². The second-order valence-corrected chi connectivity index (χ2v) is 4.44. The molecule has 0 spiro atoms. The lowest BCUT2D eigenvalue weighted by molar-refractivity contribution is 1.11. The van der Waals surface area contributed by atoms with Gasteiger partial charge < -0.3 is 0 Å². The standard InChI is InChI=1S/C11H7Cl3N2/c1-6-4-10(16-11(14)15-6)7-2-3-8(12)9(13)5-7/h2-5H,1H3. The SMILES string of the molecule is Cc1cc(-c2ccc(Cl)c(Cl)c2)nc(Cl)n1. The third-order valence-electron chi connectivity index (χ3n) is 2.04. The van der Waals surface area contributed by atoms with Gasteiger partial charge in [-0.25, -0.2) is 9.97 Å². The second-order valence-electron chi connectivity index (χ2n) is 3.29. The monoisotopic (exact) mass is 272 g/mol. The molecule has 0 aliphatic heterocycles. The van der Waals surface area contributed by atoms with Crippen molar-refractivity contribution in [2.75, 3.05) is 0 Å². The van der Waals surface area contributed by atoms with Gasteiger partial charge >= 0.3 is 0 Å². The molecular weight excluding hydrogens is 266 g/mol.